The number of benzene rings is 2. The summed E-state index contributed by atoms with van der Waals surface area (Å²) in [5.41, 5.74) is 1.03. The Morgan fingerprint density at radius 1 is 1.09 bits per heavy atom. The Balaban J connectivity index is 2.31. The molecule has 2 rings (SSSR count). The average Bonchev–Trinajstić information content (AvgIpc) is 2.77. The van der Waals surface area contributed by atoms with Crippen molar-refractivity contribution in [1.29, 1.82) is 0 Å². The van der Waals surface area contributed by atoms with Crippen LogP contribution in [0.1, 0.15) is 26.3 Å². The predicted molar refractivity (Wildman–Crippen MR) is 133 cm³/mol. The lowest BCUT2D eigenvalue weighted by atomic mass is 10.1. The molecule has 0 unspecified atom stereocenters. The van der Waals surface area contributed by atoms with E-state index in [1.807, 2.05) is 44.2 Å². The number of rotatable bonds is 11. The number of carbonyl (C=O) groups excluding carboxylic acids is 2. The first-order valence-electron chi connectivity index (χ1n) is 10.9. The van der Waals surface area contributed by atoms with Crippen molar-refractivity contribution in [2.45, 2.75) is 33.2 Å². The second kappa shape index (κ2) is 12.2. The van der Waals surface area contributed by atoms with Crippen molar-refractivity contribution in [3.8, 4) is 0 Å². The highest BCUT2D eigenvalue weighted by Gasteiger charge is 2.30. The Bertz CT molecular complexity index is 1100. The molecular weight excluding hydrogens is 481 g/mol. The van der Waals surface area contributed by atoms with E-state index in [-0.39, 0.29) is 29.1 Å². The van der Waals surface area contributed by atoms with Crippen molar-refractivity contribution >= 4 is 39.1 Å². The molecule has 10 heteroatoms. The standard InChI is InChI=1S/C24H31ClFN3O4S/c1-17(2)15-27-24(31)18(3)28(13-12-19-8-6-5-7-9-19)23(30)16-29(34(4,32)33)20-10-11-22(26)21(25)14-20/h5-11,14,17-18H,12-13,15-16H2,1-4H3,(H,27,31)/t18-/m1/s1. The van der Waals surface area contributed by atoms with Crippen LogP contribution in [0.25, 0.3) is 0 Å². The smallest absolute Gasteiger partial charge is 0.244 e. The molecule has 186 valence electrons. The fraction of sp³-hybridized carbons (Fsp3) is 0.417. The van der Waals surface area contributed by atoms with Crippen LogP contribution in [-0.4, -0.2) is 57.1 Å². The zero-order valence-corrected chi connectivity index (χ0v) is 21.4. The van der Waals surface area contributed by atoms with E-state index in [9.17, 15) is 22.4 Å². The van der Waals surface area contributed by atoms with Crippen molar-refractivity contribution in [3.05, 3.63) is 64.9 Å². The van der Waals surface area contributed by atoms with E-state index in [0.29, 0.717) is 13.0 Å². The molecule has 0 aliphatic heterocycles. The van der Waals surface area contributed by atoms with Crippen molar-refractivity contribution < 1.29 is 22.4 Å². The van der Waals surface area contributed by atoms with Gasteiger partial charge in [-0.1, -0.05) is 55.8 Å². The second-order valence-electron chi connectivity index (χ2n) is 8.51. The lowest BCUT2D eigenvalue weighted by molar-refractivity contribution is -0.138. The van der Waals surface area contributed by atoms with Gasteiger partial charge in [0.25, 0.3) is 0 Å². The Morgan fingerprint density at radius 2 is 1.74 bits per heavy atom. The molecule has 0 aliphatic rings. The second-order valence-corrected chi connectivity index (χ2v) is 10.8. The zero-order valence-electron chi connectivity index (χ0n) is 19.8. The Hall–Kier alpha value is -2.65. The largest absolute Gasteiger partial charge is 0.354 e. The summed E-state index contributed by atoms with van der Waals surface area (Å²) in [5.74, 6) is -1.36. The van der Waals surface area contributed by atoms with Gasteiger partial charge in [0.1, 0.15) is 18.4 Å². The van der Waals surface area contributed by atoms with Crippen LogP contribution in [0.4, 0.5) is 10.1 Å². The van der Waals surface area contributed by atoms with Crippen LogP contribution < -0.4 is 9.62 Å². The van der Waals surface area contributed by atoms with Crippen LogP contribution in [0.15, 0.2) is 48.5 Å². The molecule has 0 aromatic heterocycles. The number of nitrogens with one attached hydrogen (secondary N) is 1. The number of carbonyl (C=O) groups is 2. The number of amides is 2. The minimum atomic E-state index is -3.91. The summed E-state index contributed by atoms with van der Waals surface area (Å²) in [7, 11) is -3.91. The number of halogens is 2. The maximum atomic E-state index is 13.6. The van der Waals surface area contributed by atoms with Gasteiger partial charge in [-0.2, -0.15) is 0 Å². The van der Waals surface area contributed by atoms with Gasteiger partial charge in [-0.05, 0) is 43.0 Å². The molecule has 1 N–H and O–H groups in total. The molecule has 0 fully saturated rings. The number of hydrogen-bond acceptors (Lipinski definition) is 4. The summed E-state index contributed by atoms with van der Waals surface area (Å²) in [4.78, 5) is 27.5. The molecule has 0 heterocycles. The quantitative estimate of drug-likeness (QED) is 0.500. The average molecular weight is 512 g/mol. The summed E-state index contributed by atoms with van der Waals surface area (Å²) in [6.45, 7) is 5.63. The molecule has 0 bridgehead atoms. The summed E-state index contributed by atoms with van der Waals surface area (Å²) >= 11 is 5.83. The van der Waals surface area contributed by atoms with Crippen molar-refractivity contribution in [2.24, 2.45) is 5.92 Å². The van der Waals surface area contributed by atoms with Crippen LogP contribution in [0, 0.1) is 11.7 Å². The zero-order chi connectivity index (χ0) is 25.5. The molecular formula is C24H31ClFN3O4S. The molecule has 1 atom stereocenters. The van der Waals surface area contributed by atoms with E-state index in [4.69, 9.17) is 11.6 Å². The lowest BCUT2D eigenvalue weighted by Crippen LogP contribution is -2.52. The van der Waals surface area contributed by atoms with Crippen LogP contribution >= 0.6 is 11.6 Å². The highest BCUT2D eigenvalue weighted by Crippen LogP contribution is 2.24. The molecule has 0 saturated carbocycles. The Kier molecular flexibility index (Phi) is 9.88. The lowest BCUT2D eigenvalue weighted by Gasteiger charge is -2.31. The van der Waals surface area contributed by atoms with Gasteiger partial charge in [0, 0.05) is 13.1 Å². The molecule has 0 radical (unpaired) electrons. The minimum Gasteiger partial charge on any atom is -0.354 e. The van der Waals surface area contributed by atoms with Gasteiger partial charge in [0.05, 0.1) is 17.0 Å². The molecule has 2 amide bonds. The third kappa shape index (κ3) is 7.99. The van der Waals surface area contributed by atoms with E-state index in [1.54, 1.807) is 6.92 Å². The number of hydrogen-bond donors (Lipinski definition) is 1. The van der Waals surface area contributed by atoms with Gasteiger partial charge >= 0.3 is 0 Å². The molecule has 0 aliphatic carbocycles. The predicted octanol–water partition coefficient (Wildman–Crippen LogP) is 3.48. The number of nitrogens with zero attached hydrogens (tertiary/aromatic N) is 2. The van der Waals surface area contributed by atoms with E-state index < -0.39 is 34.3 Å². The molecule has 0 saturated heterocycles. The van der Waals surface area contributed by atoms with Gasteiger partial charge < -0.3 is 10.2 Å². The van der Waals surface area contributed by atoms with Crippen molar-refractivity contribution in [2.75, 3.05) is 30.2 Å². The maximum Gasteiger partial charge on any atom is 0.244 e. The highest BCUT2D eigenvalue weighted by molar-refractivity contribution is 7.92. The molecule has 2 aromatic carbocycles. The Morgan fingerprint density at radius 3 is 2.29 bits per heavy atom. The van der Waals surface area contributed by atoms with Crippen LogP contribution in [0.2, 0.25) is 5.02 Å². The van der Waals surface area contributed by atoms with Gasteiger partial charge in [0.2, 0.25) is 21.8 Å². The Labute approximate surface area is 205 Å². The van der Waals surface area contributed by atoms with Gasteiger partial charge in [-0.3, -0.25) is 13.9 Å². The van der Waals surface area contributed by atoms with E-state index in [1.165, 1.54) is 11.0 Å². The molecule has 34 heavy (non-hydrogen) atoms. The highest BCUT2D eigenvalue weighted by atomic mass is 35.5. The van der Waals surface area contributed by atoms with Gasteiger partial charge in [-0.25, -0.2) is 12.8 Å². The van der Waals surface area contributed by atoms with Crippen molar-refractivity contribution in [3.63, 3.8) is 0 Å². The summed E-state index contributed by atoms with van der Waals surface area (Å²) in [6.07, 6.45) is 1.43. The fourth-order valence-corrected chi connectivity index (χ4v) is 4.29. The van der Waals surface area contributed by atoms with Crippen LogP contribution in [-0.2, 0) is 26.0 Å². The van der Waals surface area contributed by atoms with E-state index >= 15 is 0 Å². The summed E-state index contributed by atoms with van der Waals surface area (Å²) in [6, 6.07) is 12.1. The third-order valence-corrected chi connectivity index (χ3v) is 6.64. The normalized spacial score (nSPS) is 12.3. The molecule has 2 aromatic rings. The van der Waals surface area contributed by atoms with Gasteiger partial charge in [0.15, 0.2) is 0 Å². The van der Waals surface area contributed by atoms with Crippen LogP contribution in [0.5, 0.6) is 0 Å². The first kappa shape index (κ1) is 27.6. The first-order chi connectivity index (χ1) is 15.9. The number of sulfonamides is 1. The van der Waals surface area contributed by atoms with Crippen molar-refractivity contribution in [1.82, 2.24) is 10.2 Å². The van der Waals surface area contributed by atoms with Crippen LogP contribution in [0.3, 0.4) is 0 Å². The molecule has 0 spiro atoms. The summed E-state index contributed by atoms with van der Waals surface area (Å²) < 4.78 is 39.4. The minimum absolute atomic E-state index is 0.0576. The first-order valence-corrected chi connectivity index (χ1v) is 13.2. The van der Waals surface area contributed by atoms with E-state index in [2.05, 4.69) is 5.32 Å². The fourth-order valence-electron chi connectivity index (χ4n) is 3.28. The third-order valence-electron chi connectivity index (χ3n) is 5.21. The summed E-state index contributed by atoms with van der Waals surface area (Å²) in [5, 5.41) is 2.56. The van der Waals surface area contributed by atoms with E-state index in [0.717, 1.165) is 28.3 Å². The monoisotopic (exact) mass is 511 g/mol. The number of anilines is 1. The molecule has 7 nitrogen and oxygen atoms in total. The topological polar surface area (TPSA) is 86.8 Å². The maximum absolute atomic E-state index is 13.6. The SMILES string of the molecule is CC(C)CNC(=O)[C@@H](C)N(CCc1ccccc1)C(=O)CN(c1ccc(F)c(Cl)c1)S(C)(=O)=O. The van der Waals surface area contributed by atoms with Gasteiger partial charge in [-0.15, -0.1) is 0 Å².